The van der Waals surface area contributed by atoms with Crippen molar-refractivity contribution >= 4 is 5.84 Å². The van der Waals surface area contributed by atoms with Gasteiger partial charge in [-0.2, -0.15) is 0 Å². The van der Waals surface area contributed by atoms with Crippen LogP contribution in [0.1, 0.15) is 24.8 Å². The molecule has 1 saturated heterocycles. The number of nitrogens with one attached hydrogen (secondary N) is 1. The summed E-state index contributed by atoms with van der Waals surface area (Å²) < 4.78 is 18.9. The van der Waals surface area contributed by atoms with Crippen molar-refractivity contribution < 1.29 is 8.91 Å². The highest BCUT2D eigenvalue weighted by atomic mass is 19.1. The summed E-state index contributed by atoms with van der Waals surface area (Å²) in [6.45, 7) is 1.76. The SMILES string of the molecule is N=C(c1ccc(-c2ccon2)c(F)c1)N1CCCCC1. The smallest absolute Gasteiger partial charge is 0.133 e. The van der Waals surface area contributed by atoms with E-state index in [1.54, 1.807) is 18.2 Å². The molecule has 1 aromatic heterocycles. The van der Waals surface area contributed by atoms with Crippen LogP contribution in [0.3, 0.4) is 0 Å². The zero-order valence-electron chi connectivity index (χ0n) is 11.1. The number of benzene rings is 1. The van der Waals surface area contributed by atoms with Gasteiger partial charge in [0.05, 0.1) is 0 Å². The van der Waals surface area contributed by atoms with Gasteiger partial charge in [-0.15, -0.1) is 0 Å². The Kier molecular flexibility index (Phi) is 3.50. The fourth-order valence-corrected chi connectivity index (χ4v) is 2.52. The number of aromatic nitrogens is 1. The Morgan fingerprint density at radius 2 is 2.00 bits per heavy atom. The summed E-state index contributed by atoms with van der Waals surface area (Å²) in [6, 6.07) is 6.44. The first-order chi connectivity index (χ1) is 9.75. The second kappa shape index (κ2) is 5.45. The van der Waals surface area contributed by atoms with Gasteiger partial charge in [0.1, 0.15) is 23.6 Å². The van der Waals surface area contributed by atoms with E-state index in [2.05, 4.69) is 5.16 Å². The molecule has 2 heterocycles. The largest absolute Gasteiger partial charge is 0.364 e. The monoisotopic (exact) mass is 273 g/mol. The van der Waals surface area contributed by atoms with E-state index in [0.29, 0.717) is 22.7 Å². The summed E-state index contributed by atoms with van der Waals surface area (Å²) in [5.74, 6) is 0.0217. The fraction of sp³-hybridized carbons (Fsp3) is 0.333. The molecule has 5 heteroatoms. The first-order valence-corrected chi connectivity index (χ1v) is 6.80. The van der Waals surface area contributed by atoms with Crippen molar-refractivity contribution in [2.24, 2.45) is 0 Å². The molecule has 4 nitrogen and oxygen atoms in total. The molecule has 1 aliphatic rings. The first kappa shape index (κ1) is 12.8. The zero-order valence-corrected chi connectivity index (χ0v) is 11.1. The molecule has 1 N–H and O–H groups in total. The van der Waals surface area contributed by atoms with Gasteiger partial charge < -0.3 is 9.42 Å². The van der Waals surface area contributed by atoms with Crippen molar-refractivity contribution in [1.82, 2.24) is 10.1 Å². The third-order valence-corrected chi connectivity index (χ3v) is 3.63. The number of nitrogens with zero attached hydrogens (tertiary/aromatic N) is 2. The van der Waals surface area contributed by atoms with Crippen LogP contribution < -0.4 is 0 Å². The first-order valence-electron chi connectivity index (χ1n) is 6.80. The predicted octanol–water partition coefficient (Wildman–Crippen LogP) is 3.29. The highest BCUT2D eigenvalue weighted by Gasteiger charge is 2.17. The van der Waals surface area contributed by atoms with Gasteiger partial charge in [0.25, 0.3) is 0 Å². The van der Waals surface area contributed by atoms with Gasteiger partial charge in [0, 0.05) is 30.3 Å². The molecule has 0 aliphatic carbocycles. The van der Waals surface area contributed by atoms with E-state index in [4.69, 9.17) is 9.93 Å². The zero-order chi connectivity index (χ0) is 13.9. The van der Waals surface area contributed by atoms with Crippen LogP contribution in [0.5, 0.6) is 0 Å². The van der Waals surface area contributed by atoms with Crippen molar-refractivity contribution in [3.05, 3.63) is 41.9 Å². The standard InChI is InChI=1S/C15H16FN3O/c16-13-10-11(15(17)19-7-2-1-3-8-19)4-5-12(13)14-6-9-20-18-14/h4-6,9-10,17H,1-3,7-8H2. The summed E-state index contributed by atoms with van der Waals surface area (Å²) in [5, 5.41) is 11.9. The van der Waals surface area contributed by atoms with Crippen LogP contribution >= 0.6 is 0 Å². The molecule has 0 radical (unpaired) electrons. The minimum absolute atomic E-state index is 0.377. The molecule has 0 saturated carbocycles. The van der Waals surface area contributed by atoms with E-state index in [-0.39, 0.29) is 5.82 Å². The van der Waals surface area contributed by atoms with E-state index in [9.17, 15) is 4.39 Å². The Morgan fingerprint density at radius 1 is 1.20 bits per heavy atom. The van der Waals surface area contributed by atoms with Gasteiger partial charge in [-0.1, -0.05) is 11.2 Å². The van der Waals surface area contributed by atoms with E-state index in [1.165, 1.54) is 18.8 Å². The fourth-order valence-electron chi connectivity index (χ4n) is 2.52. The lowest BCUT2D eigenvalue weighted by Gasteiger charge is -2.29. The molecule has 1 aromatic carbocycles. The summed E-state index contributed by atoms with van der Waals surface area (Å²) in [7, 11) is 0. The Balaban J connectivity index is 1.84. The number of rotatable bonds is 2. The highest BCUT2D eigenvalue weighted by Crippen LogP contribution is 2.23. The van der Waals surface area contributed by atoms with Crippen LogP contribution in [0.15, 0.2) is 35.1 Å². The van der Waals surface area contributed by atoms with E-state index >= 15 is 0 Å². The summed E-state index contributed by atoms with van der Waals surface area (Å²) in [4.78, 5) is 2.01. The molecule has 1 aliphatic heterocycles. The molecule has 0 atom stereocenters. The minimum Gasteiger partial charge on any atom is -0.364 e. The number of hydrogen-bond acceptors (Lipinski definition) is 3. The lowest BCUT2D eigenvalue weighted by molar-refractivity contribution is 0.341. The van der Waals surface area contributed by atoms with Crippen LogP contribution in [0, 0.1) is 11.2 Å². The lowest BCUT2D eigenvalue weighted by Crippen LogP contribution is -2.35. The van der Waals surface area contributed by atoms with E-state index in [1.807, 2.05) is 4.90 Å². The van der Waals surface area contributed by atoms with E-state index in [0.717, 1.165) is 25.9 Å². The Labute approximate surface area is 116 Å². The summed E-state index contributed by atoms with van der Waals surface area (Å²) in [6.07, 6.45) is 4.82. The highest BCUT2D eigenvalue weighted by molar-refractivity contribution is 5.96. The lowest BCUT2D eigenvalue weighted by atomic mass is 10.1. The van der Waals surface area contributed by atoms with Crippen LogP contribution in [0.2, 0.25) is 0 Å². The van der Waals surface area contributed by atoms with Crippen molar-refractivity contribution in [2.75, 3.05) is 13.1 Å². The summed E-state index contributed by atoms with van der Waals surface area (Å²) in [5.41, 5.74) is 1.48. The van der Waals surface area contributed by atoms with Crippen molar-refractivity contribution in [3.8, 4) is 11.3 Å². The predicted molar refractivity (Wildman–Crippen MR) is 74.1 cm³/mol. The molecule has 1 fully saturated rings. The van der Waals surface area contributed by atoms with Gasteiger partial charge in [-0.05, 0) is 31.4 Å². The maximum Gasteiger partial charge on any atom is 0.133 e. The van der Waals surface area contributed by atoms with Crippen molar-refractivity contribution in [1.29, 1.82) is 5.41 Å². The number of likely N-dealkylation sites (tertiary alicyclic amines) is 1. The summed E-state index contributed by atoms with van der Waals surface area (Å²) >= 11 is 0. The molecule has 3 rings (SSSR count). The molecule has 20 heavy (non-hydrogen) atoms. The number of amidine groups is 1. The molecule has 0 amide bonds. The Hall–Kier alpha value is -2.17. The topological polar surface area (TPSA) is 53.1 Å². The third-order valence-electron chi connectivity index (χ3n) is 3.63. The maximum atomic E-state index is 14.1. The Bertz CT molecular complexity index is 604. The van der Waals surface area contributed by atoms with Gasteiger partial charge in [0.15, 0.2) is 0 Å². The molecular weight excluding hydrogens is 257 g/mol. The van der Waals surface area contributed by atoms with Gasteiger partial charge in [-0.25, -0.2) is 4.39 Å². The third kappa shape index (κ3) is 2.43. The van der Waals surface area contributed by atoms with Crippen LogP contribution in [0.25, 0.3) is 11.3 Å². The van der Waals surface area contributed by atoms with Crippen LogP contribution in [0.4, 0.5) is 4.39 Å². The average Bonchev–Trinajstić information content (AvgIpc) is 3.01. The van der Waals surface area contributed by atoms with Gasteiger partial charge in [-0.3, -0.25) is 5.41 Å². The van der Waals surface area contributed by atoms with Crippen LogP contribution in [-0.2, 0) is 0 Å². The quantitative estimate of drug-likeness (QED) is 0.674. The molecule has 2 aromatic rings. The maximum absolute atomic E-state index is 14.1. The second-order valence-electron chi connectivity index (χ2n) is 4.98. The number of piperidine rings is 1. The normalized spacial score (nSPS) is 15.3. The number of hydrogen-bond donors (Lipinski definition) is 1. The molecular formula is C15H16FN3O. The molecule has 104 valence electrons. The number of halogens is 1. The van der Waals surface area contributed by atoms with Crippen LogP contribution in [-0.4, -0.2) is 29.0 Å². The van der Waals surface area contributed by atoms with Gasteiger partial charge >= 0.3 is 0 Å². The molecule has 0 bridgehead atoms. The van der Waals surface area contributed by atoms with Crippen molar-refractivity contribution in [2.45, 2.75) is 19.3 Å². The molecule has 0 unspecified atom stereocenters. The van der Waals surface area contributed by atoms with E-state index < -0.39 is 0 Å². The van der Waals surface area contributed by atoms with Crippen molar-refractivity contribution in [3.63, 3.8) is 0 Å². The Morgan fingerprint density at radius 3 is 2.65 bits per heavy atom. The average molecular weight is 273 g/mol. The minimum atomic E-state index is -0.377. The van der Waals surface area contributed by atoms with Gasteiger partial charge in [0.2, 0.25) is 0 Å². The second-order valence-corrected chi connectivity index (χ2v) is 4.98. The molecule has 0 spiro atoms.